The second kappa shape index (κ2) is 12.4. The highest BCUT2D eigenvalue weighted by atomic mass is 16.5. The molecular formula is C28H39N5O4. The number of rotatable bonds is 3. The van der Waals surface area contributed by atoms with Crippen LogP contribution in [-0.4, -0.2) is 71.1 Å². The Labute approximate surface area is 219 Å². The van der Waals surface area contributed by atoms with Crippen LogP contribution in [0.1, 0.15) is 67.2 Å². The molecule has 200 valence electrons. The molecule has 3 heterocycles. The number of benzene rings is 1. The van der Waals surface area contributed by atoms with E-state index in [0.29, 0.717) is 57.8 Å². The molecule has 1 aromatic heterocycles. The van der Waals surface area contributed by atoms with Gasteiger partial charge in [-0.25, -0.2) is 4.98 Å². The number of amides is 3. The number of hydrogen-bond donors (Lipinski definition) is 2. The molecule has 2 saturated heterocycles. The largest absolute Gasteiger partial charge is 0.381 e. The van der Waals surface area contributed by atoms with Crippen molar-refractivity contribution in [2.45, 2.75) is 65.0 Å². The van der Waals surface area contributed by atoms with E-state index >= 15 is 0 Å². The summed E-state index contributed by atoms with van der Waals surface area (Å²) in [4.78, 5) is 45.4. The van der Waals surface area contributed by atoms with Gasteiger partial charge < -0.3 is 24.8 Å². The van der Waals surface area contributed by atoms with E-state index in [4.69, 9.17) is 4.74 Å². The second-order valence-corrected chi connectivity index (χ2v) is 10.3. The molecule has 2 fully saturated rings. The van der Waals surface area contributed by atoms with Crippen molar-refractivity contribution in [2.24, 2.45) is 5.41 Å². The van der Waals surface area contributed by atoms with Crippen LogP contribution in [0.2, 0.25) is 0 Å². The number of nitrogens with zero attached hydrogens (tertiary/aromatic N) is 3. The van der Waals surface area contributed by atoms with Gasteiger partial charge in [0.15, 0.2) is 0 Å². The summed E-state index contributed by atoms with van der Waals surface area (Å²) in [5.74, 6) is 0.649. The molecule has 37 heavy (non-hydrogen) atoms. The molecule has 1 atom stereocenters. The van der Waals surface area contributed by atoms with Gasteiger partial charge in [-0.15, -0.1) is 0 Å². The summed E-state index contributed by atoms with van der Waals surface area (Å²) in [7, 11) is 0. The highest BCUT2D eigenvalue weighted by Crippen LogP contribution is 2.37. The zero-order valence-corrected chi connectivity index (χ0v) is 22.0. The van der Waals surface area contributed by atoms with Crippen LogP contribution in [-0.2, 0) is 20.9 Å². The molecule has 2 aliphatic rings. The first-order chi connectivity index (χ1) is 17.9. The number of aromatic nitrogens is 2. The summed E-state index contributed by atoms with van der Waals surface area (Å²) in [6.07, 6.45) is 8.10. The monoisotopic (exact) mass is 509 g/mol. The molecule has 0 bridgehead atoms. The summed E-state index contributed by atoms with van der Waals surface area (Å²) in [5.41, 5.74) is 1.11. The van der Waals surface area contributed by atoms with E-state index in [1.54, 1.807) is 13.1 Å². The second-order valence-electron chi connectivity index (χ2n) is 10.3. The van der Waals surface area contributed by atoms with E-state index < -0.39 is 11.5 Å². The number of carbonyl (C=O) groups excluding carboxylic acids is 3. The van der Waals surface area contributed by atoms with Gasteiger partial charge >= 0.3 is 0 Å². The molecule has 2 aliphatic heterocycles. The van der Waals surface area contributed by atoms with E-state index in [2.05, 4.69) is 15.6 Å². The van der Waals surface area contributed by atoms with E-state index in [1.807, 2.05) is 46.9 Å². The molecule has 1 aromatic carbocycles. The number of ether oxygens (including phenoxy) is 1. The smallest absolute Gasteiger partial charge is 0.253 e. The lowest BCUT2D eigenvalue weighted by Crippen LogP contribution is -2.54. The predicted molar refractivity (Wildman–Crippen MR) is 140 cm³/mol. The topological polar surface area (TPSA) is 106 Å². The Bertz CT molecular complexity index is 1090. The zero-order chi connectivity index (χ0) is 26.3. The van der Waals surface area contributed by atoms with Crippen LogP contribution in [0.5, 0.6) is 0 Å². The van der Waals surface area contributed by atoms with Crippen molar-refractivity contribution in [3.8, 4) is 0 Å². The van der Waals surface area contributed by atoms with Crippen molar-refractivity contribution >= 4 is 17.7 Å². The Morgan fingerprint density at radius 2 is 1.92 bits per heavy atom. The van der Waals surface area contributed by atoms with Crippen molar-refractivity contribution in [2.75, 3.05) is 32.8 Å². The normalized spacial score (nSPS) is 21.7. The minimum Gasteiger partial charge on any atom is -0.381 e. The molecule has 4 rings (SSSR count). The maximum Gasteiger partial charge on any atom is 0.253 e. The van der Waals surface area contributed by atoms with Crippen molar-refractivity contribution in [1.82, 2.24) is 25.1 Å². The standard InChI is InChI=1S/C28H39N5O4/c1-21-25(34)30-12-6-18-37-17-4-3-9-28(27(36)31-21)10-14-32(15-11-28)26(35)24-8-5-7-23(19-24)20-33-16-13-29-22(33)2/h5,7-8,13,16,19,21H,3-4,6,9-12,14-15,17-18,20H2,1-2H3,(H,30,34)(H,31,36)/t21-/m0/s1. The molecule has 3 amide bonds. The van der Waals surface area contributed by atoms with Gasteiger partial charge in [0.1, 0.15) is 11.9 Å². The van der Waals surface area contributed by atoms with Gasteiger partial charge in [0, 0.05) is 57.3 Å². The quantitative estimate of drug-likeness (QED) is 0.662. The Hall–Kier alpha value is -3.20. The molecule has 9 nitrogen and oxygen atoms in total. The number of hydrogen-bond acceptors (Lipinski definition) is 5. The average Bonchev–Trinajstić information content (AvgIpc) is 3.31. The Morgan fingerprint density at radius 1 is 1.14 bits per heavy atom. The third-order valence-corrected chi connectivity index (χ3v) is 7.64. The summed E-state index contributed by atoms with van der Waals surface area (Å²) in [6.45, 7) is 7.16. The van der Waals surface area contributed by atoms with Crippen LogP contribution < -0.4 is 10.6 Å². The SMILES string of the molecule is Cc1nccn1Cc1cccc(C(=O)N2CCC3(CCCCOCCCNC(=O)[C@H](C)NC3=O)CC2)c1. The number of carbonyl (C=O) groups is 3. The molecule has 1 spiro atoms. The number of likely N-dealkylation sites (tertiary alicyclic amines) is 1. The number of imidazole rings is 1. The zero-order valence-electron chi connectivity index (χ0n) is 22.0. The molecule has 0 unspecified atom stereocenters. The Balaban J connectivity index is 1.42. The van der Waals surface area contributed by atoms with Crippen LogP contribution >= 0.6 is 0 Å². The van der Waals surface area contributed by atoms with Crippen molar-refractivity contribution < 1.29 is 19.1 Å². The molecule has 0 aliphatic carbocycles. The van der Waals surface area contributed by atoms with E-state index in [0.717, 1.165) is 37.1 Å². The third-order valence-electron chi connectivity index (χ3n) is 7.64. The predicted octanol–water partition coefficient (Wildman–Crippen LogP) is 2.67. The molecule has 2 N–H and O–H groups in total. The minimum absolute atomic E-state index is 0.0125. The van der Waals surface area contributed by atoms with Crippen LogP contribution in [0.4, 0.5) is 0 Å². The van der Waals surface area contributed by atoms with E-state index in [9.17, 15) is 14.4 Å². The summed E-state index contributed by atoms with van der Waals surface area (Å²) in [5, 5.41) is 5.83. The van der Waals surface area contributed by atoms with Crippen molar-refractivity contribution in [3.05, 3.63) is 53.6 Å². The van der Waals surface area contributed by atoms with Gasteiger partial charge in [0.25, 0.3) is 5.91 Å². The van der Waals surface area contributed by atoms with Crippen LogP contribution in [0.3, 0.4) is 0 Å². The molecule has 0 radical (unpaired) electrons. The number of aryl methyl sites for hydroxylation is 1. The van der Waals surface area contributed by atoms with E-state index in [-0.39, 0.29) is 17.7 Å². The van der Waals surface area contributed by atoms with Gasteiger partial charge in [-0.05, 0) is 63.6 Å². The van der Waals surface area contributed by atoms with Gasteiger partial charge in [0.2, 0.25) is 11.8 Å². The van der Waals surface area contributed by atoms with Crippen LogP contribution in [0.25, 0.3) is 0 Å². The summed E-state index contributed by atoms with van der Waals surface area (Å²) < 4.78 is 7.73. The molecule has 2 aromatic rings. The van der Waals surface area contributed by atoms with Gasteiger partial charge in [-0.2, -0.15) is 0 Å². The third kappa shape index (κ3) is 6.77. The molecule has 0 saturated carbocycles. The van der Waals surface area contributed by atoms with Gasteiger partial charge in [-0.1, -0.05) is 18.6 Å². The highest BCUT2D eigenvalue weighted by molar-refractivity contribution is 5.95. The Kier molecular flexibility index (Phi) is 8.97. The van der Waals surface area contributed by atoms with Crippen molar-refractivity contribution in [1.29, 1.82) is 0 Å². The first-order valence-corrected chi connectivity index (χ1v) is 13.4. The fourth-order valence-electron chi connectivity index (χ4n) is 5.21. The maximum absolute atomic E-state index is 13.5. The molecular weight excluding hydrogens is 470 g/mol. The van der Waals surface area contributed by atoms with Crippen molar-refractivity contribution in [3.63, 3.8) is 0 Å². The highest BCUT2D eigenvalue weighted by Gasteiger charge is 2.42. The average molecular weight is 510 g/mol. The van der Waals surface area contributed by atoms with Gasteiger partial charge in [0.05, 0.1) is 5.41 Å². The summed E-state index contributed by atoms with van der Waals surface area (Å²) in [6, 6.07) is 7.13. The number of nitrogens with one attached hydrogen (secondary N) is 2. The first-order valence-electron chi connectivity index (χ1n) is 13.4. The molecule has 9 heteroatoms. The first kappa shape index (κ1) is 26.9. The summed E-state index contributed by atoms with van der Waals surface area (Å²) >= 11 is 0. The van der Waals surface area contributed by atoms with E-state index in [1.165, 1.54) is 0 Å². The maximum atomic E-state index is 13.5. The van der Waals surface area contributed by atoms with Crippen LogP contribution in [0.15, 0.2) is 36.7 Å². The minimum atomic E-state index is -0.602. The lowest BCUT2D eigenvalue weighted by atomic mass is 9.73. The fourth-order valence-corrected chi connectivity index (χ4v) is 5.21. The Morgan fingerprint density at radius 3 is 2.68 bits per heavy atom. The van der Waals surface area contributed by atoms with Gasteiger partial charge in [-0.3, -0.25) is 14.4 Å². The van der Waals surface area contributed by atoms with Crippen LogP contribution in [0, 0.1) is 12.3 Å². The fraction of sp³-hybridized carbons (Fsp3) is 0.571. The lowest BCUT2D eigenvalue weighted by Gasteiger charge is -2.41. The lowest BCUT2D eigenvalue weighted by molar-refractivity contribution is -0.137. The number of piperidine rings is 1.